The van der Waals surface area contributed by atoms with Gasteiger partial charge in [-0.25, -0.2) is 0 Å². The predicted octanol–water partition coefficient (Wildman–Crippen LogP) is 5.18. The van der Waals surface area contributed by atoms with E-state index in [1.54, 1.807) is 0 Å². The monoisotopic (exact) mass is 290 g/mol. The van der Waals surface area contributed by atoms with E-state index in [0.717, 1.165) is 32.3 Å². The summed E-state index contributed by atoms with van der Waals surface area (Å²) in [5, 5.41) is 0. The van der Waals surface area contributed by atoms with Crippen molar-refractivity contribution in [3.05, 3.63) is 35.4 Å². The third kappa shape index (κ3) is 4.67. The van der Waals surface area contributed by atoms with E-state index in [0.29, 0.717) is 18.6 Å². The Morgan fingerprint density at radius 1 is 1.14 bits per heavy atom. The molecule has 118 valence electrons. The number of Topliss-reactive ketones (excluding diaryl/α,β-unsaturated/α-hetero) is 1. The predicted molar refractivity (Wildman–Crippen MR) is 88.5 cm³/mol. The Bertz CT molecular complexity index is 427. The van der Waals surface area contributed by atoms with Crippen molar-refractivity contribution in [2.75, 3.05) is 6.61 Å². The Morgan fingerprint density at radius 2 is 1.76 bits per heavy atom. The number of hydrogen-bond donors (Lipinski definition) is 0. The average molecular weight is 290 g/mol. The van der Waals surface area contributed by atoms with Gasteiger partial charge in [0.2, 0.25) is 0 Å². The van der Waals surface area contributed by atoms with E-state index in [4.69, 9.17) is 4.74 Å². The van der Waals surface area contributed by atoms with Gasteiger partial charge >= 0.3 is 0 Å². The zero-order chi connectivity index (χ0) is 15.7. The second-order valence-corrected chi connectivity index (χ2v) is 5.55. The van der Waals surface area contributed by atoms with Crippen LogP contribution < -0.4 is 0 Å². The van der Waals surface area contributed by atoms with Gasteiger partial charge in [0.1, 0.15) is 5.78 Å². The highest BCUT2D eigenvalue weighted by molar-refractivity contribution is 5.79. The molecular weight excluding hydrogens is 260 g/mol. The van der Waals surface area contributed by atoms with Crippen LogP contribution in [0.15, 0.2) is 24.3 Å². The van der Waals surface area contributed by atoms with Crippen LogP contribution in [-0.2, 0) is 15.1 Å². The molecule has 0 heterocycles. The standard InChI is InChI=1S/C17H24O2.C2H6/c1-3-4-13-19-17(11-9-15(18)10-12-17)16-8-6-5-7-14(16)2;1-2/h5-8H,3-4,9-13H2,1-2H3;1-2H3. The molecule has 2 rings (SSSR count). The van der Waals surface area contributed by atoms with Gasteiger partial charge in [-0.15, -0.1) is 0 Å². The number of carbonyl (C=O) groups is 1. The first-order valence-electron chi connectivity index (χ1n) is 8.40. The van der Waals surface area contributed by atoms with Crippen LogP contribution >= 0.6 is 0 Å². The summed E-state index contributed by atoms with van der Waals surface area (Å²) in [7, 11) is 0. The molecule has 1 aliphatic rings. The van der Waals surface area contributed by atoms with Crippen LogP contribution in [0.4, 0.5) is 0 Å². The molecule has 0 aromatic heterocycles. The van der Waals surface area contributed by atoms with E-state index in [2.05, 4.69) is 38.1 Å². The van der Waals surface area contributed by atoms with Gasteiger partial charge in [-0.05, 0) is 37.3 Å². The van der Waals surface area contributed by atoms with E-state index < -0.39 is 0 Å². The third-order valence-electron chi connectivity index (χ3n) is 4.13. The fourth-order valence-corrected chi connectivity index (χ4v) is 2.92. The fraction of sp³-hybridized carbons (Fsp3) is 0.632. The van der Waals surface area contributed by atoms with Crippen molar-refractivity contribution in [2.24, 2.45) is 0 Å². The number of aryl methyl sites for hydroxylation is 1. The normalized spacial score (nSPS) is 17.0. The molecule has 1 saturated carbocycles. The van der Waals surface area contributed by atoms with E-state index >= 15 is 0 Å². The molecule has 2 heteroatoms. The minimum Gasteiger partial charge on any atom is -0.370 e. The lowest BCUT2D eigenvalue weighted by atomic mass is 9.77. The van der Waals surface area contributed by atoms with Crippen molar-refractivity contribution in [1.82, 2.24) is 0 Å². The van der Waals surface area contributed by atoms with Crippen LogP contribution in [0.2, 0.25) is 0 Å². The quantitative estimate of drug-likeness (QED) is 0.699. The second-order valence-electron chi connectivity index (χ2n) is 5.55. The lowest BCUT2D eigenvalue weighted by molar-refractivity contribution is -0.131. The number of unbranched alkanes of at least 4 members (excludes halogenated alkanes) is 1. The van der Waals surface area contributed by atoms with Crippen LogP contribution in [0, 0.1) is 6.92 Å². The molecule has 0 unspecified atom stereocenters. The molecule has 0 bridgehead atoms. The second kappa shape index (κ2) is 8.99. The van der Waals surface area contributed by atoms with Gasteiger partial charge < -0.3 is 4.74 Å². The largest absolute Gasteiger partial charge is 0.370 e. The van der Waals surface area contributed by atoms with Gasteiger partial charge in [0, 0.05) is 19.4 Å². The number of hydrogen-bond acceptors (Lipinski definition) is 2. The highest BCUT2D eigenvalue weighted by Gasteiger charge is 2.38. The molecule has 0 N–H and O–H groups in total. The molecule has 0 radical (unpaired) electrons. The van der Waals surface area contributed by atoms with E-state index in [1.165, 1.54) is 11.1 Å². The van der Waals surface area contributed by atoms with E-state index in [9.17, 15) is 4.79 Å². The highest BCUT2D eigenvalue weighted by Crippen LogP contribution is 2.40. The van der Waals surface area contributed by atoms with Crippen molar-refractivity contribution in [3.8, 4) is 0 Å². The Hall–Kier alpha value is -1.15. The summed E-state index contributed by atoms with van der Waals surface area (Å²) in [5.74, 6) is 0.378. The maximum atomic E-state index is 11.5. The van der Waals surface area contributed by atoms with Crippen molar-refractivity contribution in [2.45, 2.75) is 71.8 Å². The molecule has 0 saturated heterocycles. The number of ketones is 1. The van der Waals surface area contributed by atoms with Crippen molar-refractivity contribution in [3.63, 3.8) is 0 Å². The van der Waals surface area contributed by atoms with Crippen LogP contribution in [-0.4, -0.2) is 12.4 Å². The molecule has 1 aromatic rings. The van der Waals surface area contributed by atoms with Crippen LogP contribution in [0.25, 0.3) is 0 Å². The molecule has 1 fully saturated rings. The van der Waals surface area contributed by atoms with Crippen LogP contribution in [0.3, 0.4) is 0 Å². The van der Waals surface area contributed by atoms with E-state index in [1.807, 2.05) is 13.8 Å². The molecule has 1 aliphatic carbocycles. The lowest BCUT2D eigenvalue weighted by Crippen LogP contribution is -2.36. The first kappa shape index (κ1) is 17.9. The molecule has 0 atom stereocenters. The van der Waals surface area contributed by atoms with Crippen molar-refractivity contribution >= 4 is 5.78 Å². The molecular formula is C19H30O2. The summed E-state index contributed by atoms with van der Waals surface area (Å²) in [6.07, 6.45) is 5.20. The smallest absolute Gasteiger partial charge is 0.133 e. The van der Waals surface area contributed by atoms with Crippen LogP contribution in [0.5, 0.6) is 0 Å². The number of ether oxygens (including phenoxy) is 1. The molecule has 2 nitrogen and oxygen atoms in total. The molecule has 21 heavy (non-hydrogen) atoms. The Morgan fingerprint density at radius 3 is 2.33 bits per heavy atom. The van der Waals surface area contributed by atoms with Gasteiger partial charge in [0.25, 0.3) is 0 Å². The Kier molecular flexibility index (Phi) is 7.66. The van der Waals surface area contributed by atoms with Gasteiger partial charge in [-0.2, -0.15) is 0 Å². The molecule has 0 amide bonds. The topological polar surface area (TPSA) is 26.3 Å². The fourth-order valence-electron chi connectivity index (χ4n) is 2.92. The molecule has 0 spiro atoms. The first-order valence-corrected chi connectivity index (χ1v) is 8.40. The maximum absolute atomic E-state index is 11.5. The minimum atomic E-state index is -0.228. The van der Waals surface area contributed by atoms with Gasteiger partial charge in [-0.3, -0.25) is 4.79 Å². The van der Waals surface area contributed by atoms with Crippen molar-refractivity contribution in [1.29, 1.82) is 0 Å². The summed E-state index contributed by atoms with van der Waals surface area (Å²) in [4.78, 5) is 11.5. The number of benzene rings is 1. The number of carbonyl (C=O) groups excluding carboxylic acids is 1. The minimum absolute atomic E-state index is 0.228. The highest BCUT2D eigenvalue weighted by atomic mass is 16.5. The SMILES string of the molecule is CC.CCCCOC1(c2ccccc2C)CCC(=O)CC1. The summed E-state index contributed by atoms with van der Waals surface area (Å²) < 4.78 is 6.27. The zero-order valence-electron chi connectivity index (χ0n) is 14.1. The summed E-state index contributed by atoms with van der Waals surface area (Å²) in [6.45, 7) is 9.10. The number of rotatable bonds is 5. The Balaban J connectivity index is 0.00000106. The summed E-state index contributed by atoms with van der Waals surface area (Å²) in [6, 6.07) is 8.43. The van der Waals surface area contributed by atoms with Crippen molar-refractivity contribution < 1.29 is 9.53 Å². The van der Waals surface area contributed by atoms with Gasteiger partial charge in [0.15, 0.2) is 0 Å². The average Bonchev–Trinajstić information content (AvgIpc) is 2.52. The Labute approximate surface area is 129 Å². The maximum Gasteiger partial charge on any atom is 0.133 e. The third-order valence-corrected chi connectivity index (χ3v) is 4.13. The molecule has 1 aromatic carbocycles. The first-order chi connectivity index (χ1) is 10.2. The molecule has 0 aliphatic heterocycles. The van der Waals surface area contributed by atoms with Crippen LogP contribution in [0.1, 0.15) is 70.4 Å². The van der Waals surface area contributed by atoms with Gasteiger partial charge in [-0.1, -0.05) is 51.5 Å². The van der Waals surface area contributed by atoms with E-state index in [-0.39, 0.29) is 5.60 Å². The lowest BCUT2D eigenvalue weighted by Gasteiger charge is -2.38. The summed E-state index contributed by atoms with van der Waals surface area (Å²) in [5.41, 5.74) is 2.32. The van der Waals surface area contributed by atoms with Gasteiger partial charge in [0.05, 0.1) is 5.60 Å². The summed E-state index contributed by atoms with van der Waals surface area (Å²) >= 11 is 0. The zero-order valence-corrected chi connectivity index (χ0v) is 14.1.